The molecule has 0 aromatic heterocycles. The summed E-state index contributed by atoms with van der Waals surface area (Å²) in [5.41, 5.74) is 0.396. The number of urea groups is 1. The summed E-state index contributed by atoms with van der Waals surface area (Å²) < 4.78 is 33.6. The summed E-state index contributed by atoms with van der Waals surface area (Å²) in [5, 5.41) is 5.40. The zero-order valence-corrected chi connectivity index (χ0v) is 10.8. The van der Waals surface area contributed by atoms with E-state index in [0.29, 0.717) is 18.9 Å². The number of nitrogens with one attached hydrogen (secondary N) is 2. The van der Waals surface area contributed by atoms with Crippen molar-refractivity contribution in [2.45, 2.75) is 25.5 Å². The van der Waals surface area contributed by atoms with Crippen molar-refractivity contribution < 1.29 is 23.0 Å². The Bertz CT molecular complexity index is 451. The van der Waals surface area contributed by atoms with Gasteiger partial charge in [0, 0.05) is 31.0 Å². The molecule has 0 unspecified atom stereocenters. The number of anilines is 1. The highest BCUT2D eigenvalue weighted by Crippen LogP contribution is 2.19. The van der Waals surface area contributed by atoms with E-state index in [4.69, 9.17) is 4.74 Å². The van der Waals surface area contributed by atoms with Gasteiger partial charge in [0.25, 0.3) is 0 Å². The lowest BCUT2D eigenvalue weighted by Gasteiger charge is -2.23. The van der Waals surface area contributed by atoms with E-state index in [1.165, 1.54) is 18.2 Å². The third-order valence-electron chi connectivity index (χ3n) is 2.87. The van der Waals surface area contributed by atoms with Crippen molar-refractivity contribution in [1.82, 2.24) is 5.32 Å². The van der Waals surface area contributed by atoms with E-state index in [1.807, 2.05) is 0 Å². The van der Waals surface area contributed by atoms with Gasteiger partial charge in [-0.1, -0.05) is 6.07 Å². The Labute approximate surface area is 115 Å². The number of hydrogen-bond donors (Lipinski definition) is 2. The predicted octanol–water partition coefficient (Wildman–Crippen LogP) is 2.59. The summed E-state index contributed by atoms with van der Waals surface area (Å²) in [5.74, 6) is 0.00358. The van der Waals surface area contributed by atoms with Crippen LogP contribution in [-0.4, -0.2) is 31.9 Å². The lowest BCUT2D eigenvalue weighted by Crippen LogP contribution is -2.41. The molecular weight excluding hydrogens is 270 g/mol. The number of halogens is 2. The summed E-state index contributed by atoms with van der Waals surface area (Å²) in [6, 6.07) is 5.57. The van der Waals surface area contributed by atoms with Crippen molar-refractivity contribution in [3.8, 4) is 5.75 Å². The van der Waals surface area contributed by atoms with Crippen LogP contribution >= 0.6 is 0 Å². The fourth-order valence-electron chi connectivity index (χ4n) is 1.94. The standard InChI is InChI=1S/C13H16F2N2O3/c14-12(15)20-11-3-1-2-10(8-11)17-13(18)16-9-4-6-19-7-5-9/h1-3,8-9,12H,4-7H2,(H2,16,17,18). The molecule has 0 radical (unpaired) electrons. The van der Waals surface area contributed by atoms with Crippen LogP contribution in [0, 0.1) is 0 Å². The van der Waals surface area contributed by atoms with Crippen molar-refractivity contribution in [3.05, 3.63) is 24.3 Å². The maximum atomic E-state index is 12.1. The average molecular weight is 286 g/mol. The molecule has 0 bridgehead atoms. The van der Waals surface area contributed by atoms with Crippen molar-refractivity contribution in [2.24, 2.45) is 0 Å². The lowest BCUT2D eigenvalue weighted by atomic mass is 10.1. The Morgan fingerprint density at radius 2 is 2.10 bits per heavy atom. The molecule has 2 amide bonds. The van der Waals surface area contributed by atoms with Crippen LogP contribution in [0.25, 0.3) is 0 Å². The average Bonchev–Trinajstić information content (AvgIpc) is 2.39. The molecule has 5 nitrogen and oxygen atoms in total. The number of carbonyl (C=O) groups is 1. The molecule has 1 aromatic carbocycles. The van der Waals surface area contributed by atoms with Crippen LogP contribution in [0.5, 0.6) is 5.75 Å². The molecule has 0 spiro atoms. The molecule has 0 atom stereocenters. The fraction of sp³-hybridized carbons (Fsp3) is 0.462. The largest absolute Gasteiger partial charge is 0.435 e. The fourth-order valence-corrected chi connectivity index (χ4v) is 1.94. The van der Waals surface area contributed by atoms with Crippen LogP contribution in [0.3, 0.4) is 0 Å². The molecule has 110 valence electrons. The van der Waals surface area contributed by atoms with E-state index in [-0.39, 0.29) is 17.8 Å². The van der Waals surface area contributed by atoms with E-state index < -0.39 is 6.61 Å². The van der Waals surface area contributed by atoms with Crippen LogP contribution in [0.15, 0.2) is 24.3 Å². The molecule has 1 heterocycles. The summed E-state index contributed by atoms with van der Waals surface area (Å²) in [7, 11) is 0. The van der Waals surface area contributed by atoms with Gasteiger partial charge in [0.2, 0.25) is 0 Å². The van der Waals surface area contributed by atoms with Gasteiger partial charge >= 0.3 is 12.6 Å². The van der Waals surface area contributed by atoms with E-state index in [1.54, 1.807) is 6.07 Å². The highest BCUT2D eigenvalue weighted by Gasteiger charge is 2.16. The SMILES string of the molecule is O=C(Nc1cccc(OC(F)F)c1)NC1CCOCC1. The topological polar surface area (TPSA) is 59.6 Å². The Hall–Kier alpha value is -1.89. The summed E-state index contributed by atoms with van der Waals surface area (Å²) in [6.45, 7) is -1.63. The Morgan fingerprint density at radius 1 is 1.35 bits per heavy atom. The minimum absolute atomic E-state index is 0.00358. The van der Waals surface area contributed by atoms with Crippen LogP contribution in [-0.2, 0) is 4.74 Å². The number of carbonyl (C=O) groups excluding carboxylic acids is 1. The molecule has 0 saturated carbocycles. The number of alkyl halides is 2. The Kier molecular flexibility index (Phi) is 5.11. The number of hydrogen-bond acceptors (Lipinski definition) is 3. The van der Waals surface area contributed by atoms with E-state index in [2.05, 4.69) is 15.4 Å². The van der Waals surface area contributed by atoms with Gasteiger partial charge in [-0.2, -0.15) is 8.78 Å². The highest BCUT2D eigenvalue weighted by molar-refractivity contribution is 5.89. The van der Waals surface area contributed by atoms with Gasteiger partial charge in [-0.15, -0.1) is 0 Å². The summed E-state index contributed by atoms with van der Waals surface area (Å²) >= 11 is 0. The molecule has 1 aromatic rings. The third-order valence-corrected chi connectivity index (χ3v) is 2.87. The van der Waals surface area contributed by atoms with Crippen LogP contribution < -0.4 is 15.4 Å². The molecule has 1 fully saturated rings. The molecule has 0 aliphatic carbocycles. The number of rotatable bonds is 4. The van der Waals surface area contributed by atoms with E-state index in [0.717, 1.165) is 12.8 Å². The second kappa shape index (κ2) is 7.04. The molecule has 1 saturated heterocycles. The highest BCUT2D eigenvalue weighted by atomic mass is 19.3. The number of benzene rings is 1. The normalized spacial score (nSPS) is 15.9. The first kappa shape index (κ1) is 14.5. The van der Waals surface area contributed by atoms with Crippen molar-refractivity contribution >= 4 is 11.7 Å². The second-order valence-corrected chi connectivity index (χ2v) is 4.39. The Balaban J connectivity index is 1.86. The van der Waals surface area contributed by atoms with Gasteiger partial charge < -0.3 is 20.1 Å². The first-order chi connectivity index (χ1) is 9.63. The van der Waals surface area contributed by atoms with Gasteiger partial charge in [-0.3, -0.25) is 0 Å². The number of ether oxygens (including phenoxy) is 2. The zero-order chi connectivity index (χ0) is 14.4. The van der Waals surface area contributed by atoms with Crippen molar-refractivity contribution in [2.75, 3.05) is 18.5 Å². The van der Waals surface area contributed by atoms with Crippen LogP contribution in [0.4, 0.5) is 19.3 Å². The number of amides is 2. The lowest BCUT2D eigenvalue weighted by molar-refractivity contribution is -0.0497. The minimum Gasteiger partial charge on any atom is -0.435 e. The predicted molar refractivity (Wildman–Crippen MR) is 69.1 cm³/mol. The first-order valence-electron chi connectivity index (χ1n) is 6.33. The van der Waals surface area contributed by atoms with Gasteiger partial charge in [0.1, 0.15) is 5.75 Å². The third kappa shape index (κ3) is 4.65. The summed E-state index contributed by atoms with van der Waals surface area (Å²) in [6.07, 6.45) is 1.53. The second-order valence-electron chi connectivity index (χ2n) is 4.39. The quantitative estimate of drug-likeness (QED) is 0.894. The summed E-state index contributed by atoms with van der Waals surface area (Å²) in [4.78, 5) is 11.8. The molecular formula is C13H16F2N2O3. The van der Waals surface area contributed by atoms with Gasteiger partial charge in [0.15, 0.2) is 0 Å². The first-order valence-corrected chi connectivity index (χ1v) is 6.33. The van der Waals surface area contributed by atoms with Gasteiger partial charge in [-0.05, 0) is 25.0 Å². The molecule has 7 heteroatoms. The van der Waals surface area contributed by atoms with Crippen LogP contribution in [0.2, 0.25) is 0 Å². The van der Waals surface area contributed by atoms with Crippen molar-refractivity contribution in [1.29, 1.82) is 0 Å². The smallest absolute Gasteiger partial charge is 0.387 e. The zero-order valence-electron chi connectivity index (χ0n) is 10.8. The van der Waals surface area contributed by atoms with Gasteiger partial charge in [0.05, 0.1) is 0 Å². The molecule has 2 N–H and O–H groups in total. The molecule has 2 rings (SSSR count). The van der Waals surface area contributed by atoms with E-state index in [9.17, 15) is 13.6 Å². The monoisotopic (exact) mass is 286 g/mol. The van der Waals surface area contributed by atoms with Crippen molar-refractivity contribution in [3.63, 3.8) is 0 Å². The van der Waals surface area contributed by atoms with E-state index >= 15 is 0 Å². The molecule has 20 heavy (non-hydrogen) atoms. The minimum atomic E-state index is -2.89. The Morgan fingerprint density at radius 3 is 2.80 bits per heavy atom. The van der Waals surface area contributed by atoms with Crippen LogP contribution in [0.1, 0.15) is 12.8 Å². The molecule has 1 aliphatic rings. The molecule has 1 aliphatic heterocycles. The van der Waals surface area contributed by atoms with Gasteiger partial charge in [-0.25, -0.2) is 4.79 Å². The maximum Gasteiger partial charge on any atom is 0.387 e. The maximum absolute atomic E-state index is 12.1.